The summed E-state index contributed by atoms with van der Waals surface area (Å²) in [5.74, 6) is 3.44. The van der Waals surface area contributed by atoms with E-state index in [9.17, 15) is 15.3 Å². The van der Waals surface area contributed by atoms with Crippen molar-refractivity contribution in [3.63, 3.8) is 0 Å². The summed E-state index contributed by atoms with van der Waals surface area (Å²) in [6, 6.07) is 0. The first-order valence-corrected chi connectivity index (χ1v) is 13.5. The van der Waals surface area contributed by atoms with Crippen molar-refractivity contribution >= 4 is 0 Å². The third-order valence-electron chi connectivity index (χ3n) is 11.0. The lowest BCUT2D eigenvalue weighted by molar-refractivity contribution is -0.210. The Morgan fingerprint density at radius 2 is 1.72 bits per heavy atom. The summed E-state index contributed by atoms with van der Waals surface area (Å²) >= 11 is 0. The summed E-state index contributed by atoms with van der Waals surface area (Å²) < 4.78 is 0. The van der Waals surface area contributed by atoms with Gasteiger partial charge >= 0.3 is 0 Å². The molecule has 3 saturated carbocycles. The lowest BCUT2D eigenvalue weighted by Gasteiger charge is -2.62. The number of hydrogen-bond donors (Lipinski definition) is 3. The molecular formula is C29H48O3. The van der Waals surface area contributed by atoms with Crippen LogP contribution in [0.3, 0.4) is 0 Å². The maximum atomic E-state index is 11.6. The van der Waals surface area contributed by atoms with Crippen molar-refractivity contribution in [2.45, 2.75) is 111 Å². The van der Waals surface area contributed by atoms with Crippen molar-refractivity contribution in [3.05, 3.63) is 23.8 Å². The number of aliphatic hydroxyl groups is 3. The molecule has 3 fully saturated rings. The zero-order chi connectivity index (χ0) is 23.5. The molecule has 3 N–H and O–H groups in total. The maximum Gasteiger partial charge on any atom is 0.102 e. The zero-order valence-corrected chi connectivity index (χ0v) is 21.3. The molecule has 0 radical (unpaired) electrons. The van der Waals surface area contributed by atoms with Gasteiger partial charge in [-0.1, -0.05) is 65.3 Å². The summed E-state index contributed by atoms with van der Waals surface area (Å²) in [6.45, 7) is 14.1. The van der Waals surface area contributed by atoms with E-state index in [4.69, 9.17) is 0 Å². The van der Waals surface area contributed by atoms with Crippen molar-refractivity contribution in [2.24, 2.45) is 46.3 Å². The van der Waals surface area contributed by atoms with Crippen LogP contribution >= 0.6 is 0 Å². The second-order valence-electron chi connectivity index (χ2n) is 12.7. The Bertz CT molecular complexity index is 756. The highest BCUT2D eigenvalue weighted by atomic mass is 16.3. The molecule has 3 heteroatoms. The Labute approximate surface area is 196 Å². The molecule has 0 aromatic carbocycles. The average molecular weight is 445 g/mol. The molecule has 4 aliphatic carbocycles. The van der Waals surface area contributed by atoms with Gasteiger partial charge in [0.25, 0.3) is 0 Å². The molecule has 0 bridgehead atoms. The van der Waals surface area contributed by atoms with Crippen molar-refractivity contribution in [2.75, 3.05) is 0 Å². The number of rotatable bonds is 5. The highest BCUT2D eigenvalue weighted by Gasteiger charge is 2.64. The van der Waals surface area contributed by atoms with Crippen molar-refractivity contribution < 1.29 is 15.3 Å². The summed E-state index contributed by atoms with van der Waals surface area (Å²) in [5, 5.41) is 33.0. The summed E-state index contributed by atoms with van der Waals surface area (Å²) in [5.41, 5.74) is 0.159. The van der Waals surface area contributed by atoms with E-state index in [1.54, 1.807) is 0 Å². The minimum Gasteiger partial charge on any atom is -0.393 e. The normalized spacial score (nSPS) is 48.2. The first-order valence-electron chi connectivity index (χ1n) is 13.5. The van der Waals surface area contributed by atoms with Crippen LogP contribution in [-0.2, 0) is 0 Å². The van der Waals surface area contributed by atoms with Crippen LogP contribution in [0.4, 0.5) is 0 Å². The van der Waals surface area contributed by atoms with Gasteiger partial charge in [-0.25, -0.2) is 0 Å². The molecule has 0 saturated heterocycles. The first-order chi connectivity index (χ1) is 15.0. The molecule has 182 valence electrons. The van der Waals surface area contributed by atoms with E-state index >= 15 is 0 Å². The van der Waals surface area contributed by atoms with E-state index in [-0.39, 0.29) is 10.8 Å². The van der Waals surface area contributed by atoms with Gasteiger partial charge in [-0.15, -0.1) is 0 Å². The van der Waals surface area contributed by atoms with Gasteiger partial charge in [0.05, 0.1) is 6.10 Å². The van der Waals surface area contributed by atoms with E-state index in [1.807, 2.05) is 6.08 Å². The van der Waals surface area contributed by atoms with Crippen LogP contribution in [0.15, 0.2) is 23.8 Å². The first kappa shape index (κ1) is 24.5. The van der Waals surface area contributed by atoms with Crippen LogP contribution in [0, 0.1) is 46.3 Å². The van der Waals surface area contributed by atoms with Gasteiger partial charge in [0.15, 0.2) is 0 Å². The SMILES string of the molecule is CC[C@H](C=C[C@@H](C)[C@H]1CC[C@H]2C3=C[C@H](O)[C@@]4(O)C[C@@H](O)CC[C@]4(C)[C@H]3CC[C@]12C)C(C)C. The Kier molecular flexibility index (Phi) is 6.53. The van der Waals surface area contributed by atoms with Gasteiger partial charge in [-0.2, -0.15) is 0 Å². The summed E-state index contributed by atoms with van der Waals surface area (Å²) in [6.07, 6.45) is 13.4. The van der Waals surface area contributed by atoms with E-state index in [1.165, 1.54) is 31.3 Å². The van der Waals surface area contributed by atoms with Crippen LogP contribution in [0.5, 0.6) is 0 Å². The van der Waals surface area contributed by atoms with Crippen LogP contribution < -0.4 is 0 Å². The van der Waals surface area contributed by atoms with Gasteiger partial charge in [-0.05, 0) is 85.9 Å². The molecule has 0 aliphatic heterocycles. The summed E-state index contributed by atoms with van der Waals surface area (Å²) in [7, 11) is 0. The number of hydrogen-bond acceptors (Lipinski definition) is 3. The molecule has 0 unspecified atom stereocenters. The molecule has 0 aromatic rings. The third kappa shape index (κ3) is 3.57. The van der Waals surface area contributed by atoms with Crippen LogP contribution in [-0.4, -0.2) is 33.1 Å². The fraction of sp³-hybridized carbons (Fsp3) is 0.862. The fourth-order valence-electron chi connectivity index (χ4n) is 8.73. The van der Waals surface area contributed by atoms with Gasteiger partial charge in [-0.3, -0.25) is 0 Å². The van der Waals surface area contributed by atoms with Crippen LogP contribution in [0.25, 0.3) is 0 Å². The maximum absolute atomic E-state index is 11.6. The van der Waals surface area contributed by atoms with Crippen LogP contribution in [0.2, 0.25) is 0 Å². The topological polar surface area (TPSA) is 60.7 Å². The molecule has 4 rings (SSSR count). The van der Waals surface area contributed by atoms with Gasteiger partial charge < -0.3 is 15.3 Å². The largest absolute Gasteiger partial charge is 0.393 e. The molecular weight excluding hydrogens is 396 g/mol. The van der Waals surface area contributed by atoms with E-state index < -0.39 is 17.8 Å². The van der Waals surface area contributed by atoms with Crippen molar-refractivity contribution in [1.29, 1.82) is 0 Å². The minimum absolute atomic E-state index is 0.269. The molecule has 4 aliphatic rings. The molecule has 0 amide bonds. The fourth-order valence-corrected chi connectivity index (χ4v) is 8.73. The summed E-state index contributed by atoms with van der Waals surface area (Å²) in [4.78, 5) is 0. The molecule has 32 heavy (non-hydrogen) atoms. The molecule has 3 nitrogen and oxygen atoms in total. The lowest BCUT2D eigenvalue weighted by atomic mass is 9.45. The average Bonchev–Trinajstić information content (AvgIpc) is 3.08. The van der Waals surface area contributed by atoms with Crippen molar-refractivity contribution in [3.8, 4) is 0 Å². The Morgan fingerprint density at radius 3 is 2.38 bits per heavy atom. The minimum atomic E-state index is -1.20. The van der Waals surface area contributed by atoms with Gasteiger partial charge in [0, 0.05) is 11.8 Å². The van der Waals surface area contributed by atoms with Crippen LogP contribution in [0.1, 0.15) is 92.9 Å². The molecule has 0 spiro atoms. The molecule has 0 heterocycles. The zero-order valence-electron chi connectivity index (χ0n) is 21.3. The van der Waals surface area contributed by atoms with E-state index in [2.05, 4.69) is 53.7 Å². The smallest absolute Gasteiger partial charge is 0.102 e. The monoisotopic (exact) mass is 444 g/mol. The predicted molar refractivity (Wildman–Crippen MR) is 131 cm³/mol. The molecule has 0 aromatic heterocycles. The van der Waals surface area contributed by atoms with E-state index in [0.29, 0.717) is 41.9 Å². The number of aliphatic hydroxyl groups excluding tert-OH is 2. The second-order valence-corrected chi connectivity index (χ2v) is 12.7. The number of allylic oxidation sites excluding steroid dienone is 3. The Morgan fingerprint density at radius 1 is 1.00 bits per heavy atom. The quantitative estimate of drug-likeness (QED) is 0.464. The van der Waals surface area contributed by atoms with Gasteiger partial charge in [0.2, 0.25) is 0 Å². The third-order valence-corrected chi connectivity index (χ3v) is 11.0. The highest BCUT2D eigenvalue weighted by Crippen LogP contribution is 2.67. The second kappa shape index (κ2) is 8.54. The standard InChI is InChI=1S/C29H48O3/c1-7-20(18(2)3)9-8-19(4)23-10-11-24-22-16-26(31)29(32)17-21(30)12-15-28(29,6)25(22)13-14-27(23,24)5/h8-9,16,18-21,23-26,30-32H,7,10-15,17H2,1-6H3/t19-,20-,21+,23-,24+,25+,26+,27-,28-,29+/m1/s1. The number of fused-ring (bicyclic) bond motifs is 5. The highest BCUT2D eigenvalue weighted by molar-refractivity contribution is 5.33. The predicted octanol–water partition coefficient (Wildman–Crippen LogP) is 5.89. The van der Waals surface area contributed by atoms with E-state index in [0.717, 1.165) is 19.3 Å². The molecule has 10 atom stereocenters. The lowest BCUT2D eigenvalue weighted by Crippen LogP contribution is -2.65. The van der Waals surface area contributed by atoms with Gasteiger partial charge in [0.1, 0.15) is 11.7 Å². The Hall–Kier alpha value is -0.640. The Balaban J connectivity index is 1.60. The van der Waals surface area contributed by atoms with Crippen molar-refractivity contribution in [1.82, 2.24) is 0 Å².